The highest BCUT2D eigenvalue weighted by Gasteiger charge is 2.44. The van der Waals surface area contributed by atoms with Crippen molar-refractivity contribution in [1.29, 1.82) is 0 Å². The fourth-order valence-electron chi connectivity index (χ4n) is 1.41. The van der Waals surface area contributed by atoms with Crippen molar-refractivity contribution in [3.05, 3.63) is 42.0 Å². The minimum Gasteiger partial charge on any atom is -0.497 e. The topological polar surface area (TPSA) is 46.5 Å². The van der Waals surface area contributed by atoms with Gasteiger partial charge in [-0.15, -0.1) is 0 Å². The third kappa shape index (κ3) is 1.18. The highest BCUT2D eigenvalue weighted by atomic mass is 16.5. The van der Waals surface area contributed by atoms with Crippen molar-refractivity contribution in [2.24, 2.45) is 0 Å². The van der Waals surface area contributed by atoms with E-state index in [9.17, 15) is 4.79 Å². The van der Waals surface area contributed by atoms with E-state index >= 15 is 0 Å². The molecule has 0 aromatic heterocycles. The number of carboxylic acids is 1. The molecule has 0 saturated carbocycles. The molecule has 14 heavy (non-hydrogen) atoms. The van der Waals surface area contributed by atoms with Crippen molar-refractivity contribution >= 4 is 5.97 Å². The predicted molar refractivity (Wildman–Crippen MR) is 51.4 cm³/mol. The predicted octanol–water partition coefficient (Wildman–Crippen LogP) is 1.59. The molecule has 1 aromatic rings. The lowest BCUT2D eigenvalue weighted by Crippen LogP contribution is -2.21. The van der Waals surface area contributed by atoms with E-state index in [1.165, 1.54) is 0 Å². The van der Waals surface area contributed by atoms with Crippen molar-refractivity contribution in [1.82, 2.24) is 0 Å². The van der Waals surface area contributed by atoms with Crippen molar-refractivity contribution in [3.8, 4) is 5.75 Å². The Morgan fingerprint density at radius 3 is 2.21 bits per heavy atom. The second kappa shape index (κ2) is 2.87. The third-order valence-corrected chi connectivity index (χ3v) is 2.42. The molecular weight excluding hydrogens is 180 g/mol. The maximum Gasteiger partial charge on any atom is 0.321 e. The first-order valence-electron chi connectivity index (χ1n) is 4.27. The van der Waals surface area contributed by atoms with Gasteiger partial charge in [-0.1, -0.05) is 24.3 Å². The van der Waals surface area contributed by atoms with Gasteiger partial charge in [0.2, 0.25) is 0 Å². The molecule has 0 spiro atoms. The minimum absolute atomic E-state index is 0.731. The Kier molecular flexibility index (Phi) is 1.81. The zero-order valence-corrected chi connectivity index (χ0v) is 7.73. The van der Waals surface area contributed by atoms with Crippen LogP contribution < -0.4 is 4.74 Å². The molecule has 1 aliphatic rings. The first-order valence-corrected chi connectivity index (χ1v) is 4.27. The van der Waals surface area contributed by atoms with Gasteiger partial charge in [-0.25, -0.2) is 0 Å². The summed E-state index contributed by atoms with van der Waals surface area (Å²) in [6.07, 6.45) is 3.36. The van der Waals surface area contributed by atoms with Gasteiger partial charge in [-0.05, 0) is 17.7 Å². The summed E-state index contributed by atoms with van der Waals surface area (Å²) < 4.78 is 4.99. The van der Waals surface area contributed by atoms with Crippen LogP contribution in [0.25, 0.3) is 0 Å². The average molecular weight is 190 g/mol. The number of hydrogen-bond acceptors (Lipinski definition) is 2. The van der Waals surface area contributed by atoms with Gasteiger partial charge >= 0.3 is 5.97 Å². The van der Waals surface area contributed by atoms with Gasteiger partial charge in [-0.3, -0.25) is 4.79 Å². The molecule has 0 amide bonds. The van der Waals surface area contributed by atoms with Crippen LogP contribution in [-0.4, -0.2) is 18.2 Å². The van der Waals surface area contributed by atoms with Gasteiger partial charge in [0.05, 0.1) is 7.11 Å². The van der Waals surface area contributed by atoms with E-state index in [-0.39, 0.29) is 0 Å². The smallest absolute Gasteiger partial charge is 0.321 e. The summed E-state index contributed by atoms with van der Waals surface area (Å²) in [4.78, 5) is 10.9. The van der Waals surface area contributed by atoms with Crippen LogP contribution >= 0.6 is 0 Å². The molecule has 72 valence electrons. The molecule has 3 heteroatoms. The zero-order valence-electron chi connectivity index (χ0n) is 7.73. The normalized spacial score (nSPS) is 16.4. The molecule has 0 saturated heterocycles. The van der Waals surface area contributed by atoms with Crippen molar-refractivity contribution in [2.45, 2.75) is 5.41 Å². The molecule has 0 aliphatic heterocycles. The molecule has 0 unspecified atom stereocenters. The number of ether oxygens (including phenoxy) is 1. The largest absolute Gasteiger partial charge is 0.497 e. The van der Waals surface area contributed by atoms with Crippen LogP contribution in [0.3, 0.4) is 0 Å². The summed E-state index contributed by atoms with van der Waals surface area (Å²) in [5.74, 6) is -0.0994. The molecule has 0 bridgehead atoms. The van der Waals surface area contributed by atoms with E-state index in [0.29, 0.717) is 0 Å². The van der Waals surface area contributed by atoms with Gasteiger partial charge < -0.3 is 9.84 Å². The molecule has 0 heterocycles. The number of carbonyl (C=O) groups is 1. The van der Waals surface area contributed by atoms with E-state index in [1.54, 1.807) is 43.5 Å². The molecule has 0 atom stereocenters. The number of rotatable bonds is 3. The standard InChI is InChI=1S/C11H10O3/c1-14-9-4-2-8(3-5-9)11(6-7-11)10(12)13/h2-7H,1H3,(H,12,13). The van der Waals surface area contributed by atoms with Crippen LogP contribution in [0, 0.1) is 0 Å². The molecule has 2 rings (SSSR count). The summed E-state index contributed by atoms with van der Waals surface area (Å²) in [5.41, 5.74) is -0.0856. The Balaban J connectivity index is 2.30. The van der Waals surface area contributed by atoms with E-state index in [2.05, 4.69) is 0 Å². The molecule has 0 fully saturated rings. The van der Waals surface area contributed by atoms with E-state index in [4.69, 9.17) is 9.84 Å². The summed E-state index contributed by atoms with van der Waals surface area (Å²) in [6.45, 7) is 0. The van der Waals surface area contributed by atoms with Crippen molar-refractivity contribution in [2.75, 3.05) is 7.11 Å². The van der Waals surface area contributed by atoms with Gasteiger partial charge in [-0.2, -0.15) is 0 Å². The number of hydrogen-bond donors (Lipinski definition) is 1. The van der Waals surface area contributed by atoms with Crippen LogP contribution in [0.4, 0.5) is 0 Å². The quantitative estimate of drug-likeness (QED) is 0.736. The average Bonchev–Trinajstić information content (AvgIpc) is 2.99. The van der Waals surface area contributed by atoms with Crippen molar-refractivity contribution in [3.63, 3.8) is 0 Å². The zero-order chi connectivity index (χ0) is 10.2. The lowest BCUT2D eigenvalue weighted by atomic mass is 9.94. The Morgan fingerprint density at radius 2 is 1.86 bits per heavy atom. The summed E-state index contributed by atoms with van der Waals surface area (Å²) in [7, 11) is 1.58. The monoisotopic (exact) mass is 190 g/mol. The second-order valence-electron chi connectivity index (χ2n) is 3.24. The van der Waals surface area contributed by atoms with Crippen LogP contribution in [0.2, 0.25) is 0 Å². The van der Waals surface area contributed by atoms with Crippen LogP contribution in [0.5, 0.6) is 5.75 Å². The Bertz CT molecular complexity index is 383. The summed E-state index contributed by atoms with van der Waals surface area (Å²) in [6, 6.07) is 7.07. The SMILES string of the molecule is COc1ccc(C2(C(=O)O)C=C2)cc1. The van der Waals surface area contributed by atoms with Crippen LogP contribution in [0.15, 0.2) is 36.4 Å². The fourth-order valence-corrected chi connectivity index (χ4v) is 1.41. The summed E-state index contributed by atoms with van der Waals surface area (Å²) in [5, 5.41) is 8.99. The molecule has 1 aliphatic carbocycles. The van der Waals surface area contributed by atoms with Crippen LogP contribution in [-0.2, 0) is 10.2 Å². The fraction of sp³-hybridized carbons (Fsp3) is 0.182. The molecule has 3 nitrogen and oxygen atoms in total. The summed E-state index contributed by atoms with van der Waals surface area (Å²) >= 11 is 0. The molecule has 1 N–H and O–H groups in total. The van der Waals surface area contributed by atoms with E-state index < -0.39 is 11.4 Å². The number of carboxylic acid groups (broad SMARTS) is 1. The Hall–Kier alpha value is -1.77. The number of methoxy groups -OCH3 is 1. The number of aliphatic carboxylic acids is 1. The lowest BCUT2D eigenvalue weighted by molar-refractivity contribution is -0.139. The maximum absolute atomic E-state index is 10.9. The maximum atomic E-state index is 10.9. The minimum atomic E-state index is -0.855. The number of benzene rings is 1. The molecule has 0 radical (unpaired) electrons. The lowest BCUT2D eigenvalue weighted by Gasteiger charge is -2.10. The van der Waals surface area contributed by atoms with Gasteiger partial charge in [0.25, 0.3) is 0 Å². The van der Waals surface area contributed by atoms with E-state index in [1.807, 2.05) is 0 Å². The molecular formula is C11H10O3. The van der Waals surface area contributed by atoms with Crippen molar-refractivity contribution < 1.29 is 14.6 Å². The van der Waals surface area contributed by atoms with Gasteiger partial charge in [0.1, 0.15) is 11.2 Å². The Morgan fingerprint density at radius 1 is 1.29 bits per heavy atom. The van der Waals surface area contributed by atoms with E-state index in [0.717, 1.165) is 11.3 Å². The highest BCUT2D eigenvalue weighted by molar-refractivity contribution is 5.92. The second-order valence-corrected chi connectivity index (χ2v) is 3.24. The Labute approximate surface area is 81.6 Å². The highest BCUT2D eigenvalue weighted by Crippen LogP contribution is 2.39. The molecule has 1 aromatic carbocycles. The van der Waals surface area contributed by atoms with Gasteiger partial charge in [0.15, 0.2) is 0 Å². The van der Waals surface area contributed by atoms with Gasteiger partial charge in [0, 0.05) is 0 Å². The van der Waals surface area contributed by atoms with Crippen LogP contribution in [0.1, 0.15) is 5.56 Å². The third-order valence-electron chi connectivity index (χ3n) is 2.42. The first kappa shape index (κ1) is 8.81. The first-order chi connectivity index (χ1) is 6.69.